The molecule has 29 heavy (non-hydrogen) atoms. The molecule has 0 spiro atoms. The number of ether oxygens (including phenoxy) is 4. The molecule has 13 heteroatoms. The van der Waals surface area contributed by atoms with Crippen LogP contribution in [0.25, 0.3) is 0 Å². The van der Waals surface area contributed by atoms with Gasteiger partial charge in [-0.05, 0) is 34.6 Å². The molecular weight excluding hydrogens is 917 g/mol. The van der Waals surface area contributed by atoms with E-state index in [0.717, 1.165) is 13.8 Å². The zero-order valence-corrected chi connectivity index (χ0v) is 29.7. The quantitative estimate of drug-likeness (QED) is 0.102. The Kier molecular flexibility index (Phi) is 15.9. The first-order chi connectivity index (χ1) is 12.2. The maximum atomic E-state index is 12.3. The van der Waals surface area contributed by atoms with E-state index in [1.165, 1.54) is 13.3 Å². The standard InChI is InChI=1S/C9H11F4O4.C7H10FO2.2Rf/c1-8(2,6(12)14)16-4-17-9(3,5(10)11)7(13)15;1-6(2)9-5-10-7(3)4-8;;/h4H2,1-3H3;1,5H2,2-3H3;;/q2*-1;;. The predicted octanol–water partition coefficient (Wildman–Crippen LogP) is 4.08. The topological polar surface area (TPSA) is 71.1 Å². The first kappa shape index (κ1) is 32.6. The Morgan fingerprint density at radius 3 is 1.76 bits per heavy atom. The normalized spacial score (nSPS) is 13.0. The van der Waals surface area contributed by atoms with Crippen molar-refractivity contribution in [1.82, 2.24) is 0 Å². The molecule has 0 aromatic heterocycles. The summed E-state index contributed by atoms with van der Waals surface area (Å²) in [7, 11) is 0. The van der Waals surface area contributed by atoms with E-state index in [1.807, 2.05) is 0 Å². The molecule has 0 aliphatic heterocycles. The van der Waals surface area contributed by atoms with Crippen molar-refractivity contribution >= 4 is 12.1 Å². The Morgan fingerprint density at radius 2 is 1.45 bits per heavy atom. The average molecular weight is 938 g/mol. The van der Waals surface area contributed by atoms with Gasteiger partial charge in [0.1, 0.15) is 6.79 Å². The van der Waals surface area contributed by atoms with E-state index >= 15 is 0 Å². The maximum absolute atomic E-state index is 12.3. The van der Waals surface area contributed by atoms with E-state index in [-0.39, 0.29) is 12.6 Å². The average Bonchev–Trinajstić information content (AvgIpc) is 2.53. The number of allylic oxidation sites excluding steroid dienone is 2. The van der Waals surface area contributed by atoms with Crippen LogP contribution in [0.5, 0.6) is 0 Å². The van der Waals surface area contributed by atoms with E-state index in [2.05, 4.69) is 20.8 Å². The minimum atomic E-state index is -3.07. The Bertz CT molecular complexity index is 546. The molecule has 0 heterocycles. The molecule has 0 N–H and O–H groups in total. The molecule has 0 saturated heterocycles. The maximum Gasteiger partial charge on any atom is 0.332 e. The van der Waals surface area contributed by atoms with Crippen LogP contribution in [-0.4, -0.2) is 36.9 Å². The molecule has 0 rings (SSSR count). The number of halogens is 5. The zero-order valence-electron chi connectivity index (χ0n) is 16.9. The van der Waals surface area contributed by atoms with Gasteiger partial charge in [-0.3, -0.25) is 15.9 Å². The van der Waals surface area contributed by atoms with Crippen molar-refractivity contribution < 1.29 is 50.5 Å². The van der Waals surface area contributed by atoms with E-state index in [1.54, 1.807) is 6.92 Å². The second-order valence-corrected chi connectivity index (χ2v) is 5.52. The summed E-state index contributed by atoms with van der Waals surface area (Å²) >= 11 is 0. The fourth-order valence-corrected chi connectivity index (χ4v) is 0.783. The summed E-state index contributed by atoms with van der Waals surface area (Å²) in [5, 5.41) is 0. The molecule has 1 atom stereocenters. The molecule has 0 aliphatic carbocycles. The Labute approximate surface area is 153 Å². The fraction of sp³-hybridized carbons (Fsp3) is 0.562. The minimum Gasteiger partial charge on any atom is -0.497 e. The first-order valence-electron chi connectivity index (χ1n) is 7.18. The molecule has 6 nitrogen and oxygen atoms in total. The molecule has 0 aromatic rings. The second-order valence-electron chi connectivity index (χ2n) is 5.52. The van der Waals surface area contributed by atoms with Gasteiger partial charge in [0.25, 0.3) is 0 Å². The molecule has 0 bridgehead atoms. The number of hydrogen-bond donors (Lipinski definition) is 0. The third-order valence-electron chi connectivity index (χ3n) is 2.69. The van der Waals surface area contributed by atoms with Crippen LogP contribution in [0, 0.1) is 12.8 Å². The summed E-state index contributed by atoms with van der Waals surface area (Å²) in [5.41, 5.74) is -5.00. The molecule has 0 amide bonds. The molecule has 0 aromatic carbocycles. The third kappa shape index (κ3) is 12.9. The molecule has 1 unspecified atom stereocenters. The van der Waals surface area contributed by atoms with E-state index in [9.17, 15) is 31.5 Å². The van der Waals surface area contributed by atoms with Gasteiger partial charge in [0.2, 0.25) is 6.79 Å². The smallest absolute Gasteiger partial charge is 0.332 e. The van der Waals surface area contributed by atoms with Crippen molar-refractivity contribution in [1.29, 1.82) is 0 Å². The van der Waals surface area contributed by atoms with Gasteiger partial charge in [-0.25, -0.2) is 0 Å². The number of rotatable bonds is 11. The molecule has 0 fully saturated rings. The van der Waals surface area contributed by atoms with E-state index < -0.39 is 36.5 Å². The van der Waals surface area contributed by atoms with Crippen LogP contribution in [0.1, 0.15) is 34.6 Å². The van der Waals surface area contributed by atoms with Crippen LogP contribution in [0.2, 0.25) is 0 Å². The number of hydrogen-bond acceptors (Lipinski definition) is 6. The SMILES string of the molecule is C=C(C)OCOC(C)=[C-]F.CC(C)(OCOC(C)(C(=O)F)[C-](F)F)C(=O)F.[Rf].[Rf]. The van der Waals surface area contributed by atoms with Crippen molar-refractivity contribution in [2.24, 2.45) is 0 Å². The van der Waals surface area contributed by atoms with Gasteiger partial charge in [0.15, 0.2) is 5.60 Å². The van der Waals surface area contributed by atoms with Gasteiger partial charge >= 0.3 is 12.1 Å². The number of carbonyl (C=O) groups is 2. The fourth-order valence-electron chi connectivity index (χ4n) is 0.783. The van der Waals surface area contributed by atoms with Gasteiger partial charge in [-0.15, -0.1) is 0 Å². The van der Waals surface area contributed by atoms with Crippen molar-refractivity contribution in [3.05, 3.63) is 30.9 Å². The number of carbonyl (C=O) groups excluding carboxylic acids is 2. The Hall–Kier alpha value is -4.01. The summed E-state index contributed by atoms with van der Waals surface area (Å²) in [5.74, 6) is 0.605. The van der Waals surface area contributed by atoms with Gasteiger partial charge in [-0.2, -0.15) is 8.78 Å². The summed E-state index contributed by atoms with van der Waals surface area (Å²) in [6.07, 6.45) is -1.29. The van der Waals surface area contributed by atoms with Gasteiger partial charge in [0.05, 0.1) is 11.4 Å². The largest absolute Gasteiger partial charge is 0.497 e. The van der Waals surface area contributed by atoms with E-state index in [4.69, 9.17) is 4.74 Å². The van der Waals surface area contributed by atoms with Crippen molar-refractivity contribution in [3.8, 4) is 0 Å². The molecule has 162 valence electrons. The Morgan fingerprint density at radius 1 is 0.966 bits per heavy atom. The van der Waals surface area contributed by atoms with Crippen molar-refractivity contribution in [2.45, 2.75) is 45.8 Å². The molecule has 0 radical (unpaired) electrons. The van der Waals surface area contributed by atoms with Crippen LogP contribution in [-0.2, 0) is 28.5 Å². The zero-order chi connectivity index (χ0) is 21.8. The summed E-state index contributed by atoms with van der Waals surface area (Å²) < 4.78 is 78.6. The van der Waals surface area contributed by atoms with Gasteiger partial charge < -0.3 is 32.1 Å². The van der Waals surface area contributed by atoms with Gasteiger partial charge in [0, 0.05) is 6.43 Å². The van der Waals surface area contributed by atoms with Crippen LogP contribution in [0.3, 0.4) is 0 Å². The van der Waals surface area contributed by atoms with Crippen LogP contribution >= 0.6 is 0 Å². The summed E-state index contributed by atoms with van der Waals surface area (Å²) in [4.78, 5) is 20.7. The van der Waals surface area contributed by atoms with Crippen molar-refractivity contribution in [2.75, 3.05) is 13.6 Å². The monoisotopic (exact) mass is 938 g/mol. The summed E-state index contributed by atoms with van der Waals surface area (Å²) in [6, 6.07) is -4.29. The molecule has 0 aliphatic rings. The van der Waals surface area contributed by atoms with Gasteiger partial charge in [-0.1, -0.05) is 12.3 Å². The molecule has 0 saturated carbocycles. The second kappa shape index (κ2) is 14.1. The molecular formula is C16H21F5O6Rf2-2. The minimum absolute atomic E-state index is 0. The Balaban J connectivity index is -0.000000226. The third-order valence-corrected chi connectivity index (χ3v) is 2.69. The summed E-state index contributed by atoms with van der Waals surface area (Å²) in [6.45, 7) is 8.03. The van der Waals surface area contributed by atoms with Crippen LogP contribution < -0.4 is 0 Å². The van der Waals surface area contributed by atoms with Crippen molar-refractivity contribution in [3.63, 3.8) is 0 Å². The van der Waals surface area contributed by atoms with Crippen LogP contribution in [0.4, 0.5) is 22.0 Å². The van der Waals surface area contributed by atoms with E-state index in [0.29, 0.717) is 12.7 Å². The predicted molar refractivity (Wildman–Crippen MR) is 82.6 cm³/mol. The van der Waals surface area contributed by atoms with Crippen LogP contribution in [0.15, 0.2) is 18.1 Å². The first-order valence-corrected chi connectivity index (χ1v) is 7.18.